The molecule has 3 heterocycles. The topological polar surface area (TPSA) is 101 Å². The fourth-order valence-corrected chi connectivity index (χ4v) is 4.21. The third kappa shape index (κ3) is 3.64. The highest BCUT2D eigenvalue weighted by Gasteiger charge is 2.35. The number of rotatable bonds is 5. The van der Waals surface area contributed by atoms with E-state index in [1.54, 1.807) is 24.3 Å². The number of hydrogen-bond donors (Lipinski definition) is 0. The summed E-state index contributed by atoms with van der Waals surface area (Å²) < 4.78 is 0. The number of hydrogen-bond acceptors (Lipinski definition) is 6. The van der Waals surface area contributed by atoms with E-state index < -0.39 is 0 Å². The van der Waals surface area contributed by atoms with Gasteiger partial charge in [0.05, 0.1) is 11.1 Å². The number of amides is 3. The van der Waals surface area contributed by atoms with Gasteiger partial charge in [0, 0.05) is 25.0 Å². The van der Waals surface area contributed by atoms with Crippen LogP contribution in [0.5, 0.6) is 0 Å². The SMILES string of the molecule is C[C@@H]1CCC[C@@H](C)N1C(=O)Cn1nnc(CCN2C(=O)c3ccccc3C2=O)n1. The number of tetrazole rings is 1. The maximum absolute atomic E-state index is 12.7. The van der Waals surface area contributed by atoms with Crippen LogP contribution in [0.15, 0.2) is 24.3 Å². The summed E-state index contributed by atoms with van der Waals surface area (Å²) in [6, 6.07) is 7.20. The predicted octanol–water partition coefficient (Wildman–Crippen LogP) is 1.30. The first-order valence-electron chi connectivity index (χ1n) is 9.98. The molecule has 2 atom stereocenters. The maximum Gasteiger partial charge on any atom is 0.261 e. The van der Waals surface area contributed by atoms with Gasteiger partial charge in [-0.1, -0.05) is 12.1 Å². The van der Waals surface area contributed by atoms with Crippen LogP contribution in [0.4, 0.5) is 0 Å². The zero-order valence-corrected chi connectivity index (χ0v) is 16.6. The number of likely N-dealkylation sites (tertiary alicyclic amines) is 1. The van der Waals surface area contributed by atoms with E-state index in [0.29, 0.717) is 17.0 Å². The molecule has 3 amide bonds. The molecule has 2 aliphatic heterocycles. The number of carbonyl (C=O) groups is 3. The highest BCUT2D eigenvalue weighted by molar-refractivity contribution is 6.21. The van der Waals surface area contributed by atoms with Crippen molar-refractivity contribution in [1.29, 1.82) is 0 Å². The molecule has 0 saturated carbocycles. The smallest absolute Gasteiger partial charge is 0.261 e. The molecule has 4 rings (SSSR count). The minimum Gasteiger partial charge on any atom is -0.336 e. The summed E-state index contributed by atoms with van der Waals surface area (Å²) in [5, 5.41) is 12.2. The average Bonchev–Trinajstić information content (AvgIpc) is 3.23. The molecular weight excluding hydrogens is 372 g/mol. The van der Waals surface area contributed by atoms with Crippen molar-refractivity contribution in [3.8, 4) is 0 Å². The highest BCUT2D eigenvalue weighted by Crippen LogP contribution is 2.23. The Labute approximate surface area is 168 Å². The Morgan fingerprint density at radius 3 is 2.31 bits per heavy atom. The van der Waals surface area contributed by atoms with Crippen LogP contribution in [-0.4, -0.2) is 66.4 Å². The third-order valence-electron chi connectivity index (χ3n) is 5.69. The molecule has 1 fully saturated rings. The van der Waals surface area contributed by atoms with Crippen LogP contribution in [-0.2, 0) is 17.8 Å². The summed E-state index contributed by atoms with van der Waals surface area (Å²) in [6.45, 7) is 4.34. The minimum atomic E-state index is -0.304. The van der Waals surface area contributed by atoms with Crippen molar-refractivity contribution < 1.29 is 14.4 Å². The largest absolute Gasteiger partial charge is 0.336 e. The fourth-order valence-electron chi connectivity index (χ4n) is 4.21. The van der Waals surface area contributed by atoms with Gasteiger partial charge in [0.1, 0.15) is 6.54 Å². The summed E-state index contributed by atoms with van der Waals surface area (Å²) in [6.07, 6.45) is 3.44. The van der Waals surface area contributed by atoms with E-state index in [0.717, 1.165) is 19.3 Å². The van der Waals surface area contributed by atoms with Gasteiger partial charge in [-0.15, -0.1) is 10.2 Å². The molecule has 1 aromatic heterocycles. The fraction of sp³-hybridized carbons (Fsp3) is 0.500. The predicted molar refractivity (Wildman–Crippen MR) is 103 cm³/mol. The van der Waals surface area contributed by atoms with E-state index in [9.17, 15) is 14.4 Å². The summed E-state index contributed by atoms with van der Waals surface area (Å²) in [5.74, 6) is -0.231. The first-order valence-corrected chi connectivity index (χ1v) is 9.98. The zero-order valence-electron chi connectivity index (χ0n) is 16.6. The Balaban J connectivity index is 1.36. The van der Waals surface area contributed by atoms with Crippen molar-refractivity contribution in [3.05, 3.63) is 41.2 Å². The number of nitrogens with zero attached hydrogens (tertiary/aromatic N) is 6. The van der Waals surface area contributed by atoms with Crippen LogP contribution in [0.25, 0.3) is 0 Å². The average molecular weight is 396 g/mol. The first-order chi connectivity index (χ1) is 14.0. The Bertz CT molecular complexity index is 910. The molecule has 0 unspecified atom stereocenters. The Morgan fingerprint density at radius 1 is 1.07 bits per heavy atom. The molecule has 9 heteroatoms. The number of carbonyl (C=O) groups excluding carboxylic acids is 3. The Kier molecular flexibility index (Phi) is 5.12. The molecule has 0 bridgehead atoms. The van der Waals surface area contributed by atoms with Crippen molar-refractivity contribution in [2.75, 3.05) is 6.54 Å². The summed E-state index contributed by atoms with van der Waals surface area (Å²) in [7, 11) is 0. The molecule has 1 aromatic carbocycles. The molecule has 0 spiro atoms. The van der Waals surface area contributed by atoms with E-state index in [2.05, 4.69) is 29.3 Å². The monoisotopic (exact) mass is 396 g/mol. The van der Waals surface area contributed by atoms with Gasteiger partial charge in [-0.2, -0.15) is 4.80 Å². The molecule has 0 N–H and O–H groups in total. The molecule has 2 aromatic rings. The van der Waals surface area contributed by atoms with Gasteiger partial charge < -0.3 is 4.90 Å². The van der Waals surface area contributed by atoms with Gasteiger partial charge in [0.15, 0.2) is 5.82 Å². The van der Waals surface area contributed by atoms with Crippen molar-refractivity contribution >= 4 is 17.7 Å². The highest BCUT2D eigenvalue weighted by atomic mass is 16.2. The molecule has 0 radical (unpaired) electrons. The number of fused-ring (bicyclic) bond motifs is 1. The van der Waals surface area contributed by atoms with Crippen molar-refractivity contribution in [1.82, 2.24) is 30.0 Å². The molecule has 29 heavy (non-hydrogen) atoms. The van der Waals surface area contributed by atoms with Crippen molar-refractivity contribution in [2.45, 2.75) is 58.2 Å². The second-order valence-electron chi connectivity index (χ2n) is 7.72. The number of imide groups is 1. The van der Waals surface area contributed by atoms with Crippen LogP contribution >= 0.6 is 0 Å². The standard InChI is InChI=1S/C20H24N6O3/c1-13-6-5-7-14(2)26(13)18(27)12-25-22-17(21-23-25)10-11-24-19(28)15-8-3-4-9-16(15)20(24)29/h3-4,8-9,13-14H,5-7,10-12H2,1-2H3/t13-,14-/m1/s1. The second kappa shape index (κ2) is 7.73. The molecule has 1 saturated heterocycles. The molecule has 9 nitrogen and oxygen atoms in total. The summed E-state index contributed by atoms with van der Waals surface area (Å²) >= 11 is 0. The van der Waals surface area contributed by atoms with Crippen LogP contribution < -0.4 is 0 Å². The van der Waals surface area contributed by atoms with Crippen LogP contribution in [0.2, 0.25) is 0 Å². The lowest BCUT2D eigenvalue weighted by atomic mass is 9.97. The van der Waals surface area contributed by atoms with Gasteiger partial charge in [-0.3, -0.25) is 19.3 Å². The lowest BCUT2D eigenvalue weighted by molar-refractivity contribution is -0.138. The zero-order chi connectivity index (χ0) is 20.5. The van der Waals surface area contributed by atoms with Crippen LogP contribution in [0.1, 0.15) is 59.7 Å². The Morgan fingerprint density at radius 2 is 1.69 bits per heavy atom. The minimum absolute atomic E-state index is 0.0194. The second-order valence-corrected chi connectivity index (χ2v) is 7.72. The lowest BCUT2D eigenvalue weighted by Crippen LogP contribution is -2.48. The number of piperidine rings is 1. The molecule has 2 aliphatic rings. The molecule has 0 aliphatic carbocycles. The normalized spacial score (nSPS) is 21.6. The first kappa shape index (κ1) is 19.2. The van der Waals surface area contributed by atoms with Gasteiger partial charge in [0.25, 0.3) is 11.8 Å². The quantitative estimate of drug-likeness (QED) is 0.706. The maximum atomic E-state index is 12.7. The third-order valence-corrected chi connectivity index (χ3v) is 5.69. The lowest BCUT2D eigenvalue weighted by Gasteiger charge is -2.38. The summed E-state index contributed by atoms with van der Waals surface area (Å²) in [5.41, 5.74) is 0.842. The molecule has 152 valence electrons. The van der Waals surface area contributed by atoms with E-state index in [1.165, 1.54) is 9.70 Å². The van der Waals surface area contributed by atoms with E-state index in [4.69, 9.17) is 0 Å². The van der Waals surface area contributed by atoms with Crippen molar-refractivity contribution in [2.24, 2.45) is 0 Å². The van der Waals surface area contributed by atoms with Crippen LogP contribution in [0.3, 0.4) is 0 Å². The summed E-state index contributed by atoms with van der Waals surface area (Å²) in [4.78, 5) is 41.9. The van der Waals surface area contributed by atoms with Gasteiger partial charge >= 0.3 is 0 Å². The van der Waals surface area contributed by atoms with E-state index >= 15 is 0 Å². The Hall–Kier alpha value is -3.10. The van der Waals surface area contributed by atoms with Gasteiger partial charge in [0.2, 0.25) is 5.91 Å². The van der Waals surface area contributed by atoms with E-state index in [1.807, 2.05) is 4.90 Å². The van der Waals surface area contributed by atoms with Crippen molar-refractivity contribution in [3.63, 3.8) is 0 Å². The van der Waals surface area contributed by atoms with Gasteiger partial charge in [-0.05, 0) is 50.5 Å². The van der Waals surface area contributed by atoms with Gasteiger partial charge in [-0.25, -0.2) is 0 Å². The number of aromatic nitrogens is 4. The molecular formula is C20H24N6O3. The van der Waals surface area contributed by atoms with E-state index in [-0.39, 0.29) is 49.3 Å². The van der Waals surface area contributed by atoms with Crippen LogP contribution in [0, 0.1) is 0 Å². The number of benzene rings is 1.